The molecule has 2 N–H and O–H groups in total. The summed E-state index contributed by atoms with van der Waals surface area (Å²) in [6.45, 7) is 2.40. The Morgan fingerprint density at radius 2 is 2.39 bits per heavy atom. The molecule has 0 bridgehead atoms. The molecule has 0 fully saturated rings. The number of halogens is 1. The standard InChI is InChI=1S/C16H17FN4O2/c1-10(9-21-6-2-5-18-21)19-16(23)13-8-15(22)20-14-7-11(17)3-4-12(13)14/h2-7,10,13H,8-9H2,1H3,(H,19,23)(H,20,22)/t10-,13-/m1/s1. The Morgan fingerprint density at radius 3 is 3.13 bits per heavy atom. The maximum absolute atomic E-state index is 13.3. The highest BCUT2D eigenvalue weighted by Gasteiger charge is 2.31. The van der Waals surface area contributed by atoms with Crippen LogP contribution in [-0.2, 0) is 16.1 Å². The van der Waals surface area contributed by atoms with Crippen LogP contribution in [0.5, 0.6) is 0 Å². The minimum atomic E-state index is -0.612. The Labute approximate surface area is 132 Å². The Hall–Kier alpha value is -2.70. The average Bonchev–Trinajstić information content (AvgIpc) is 2.98. The van der Waals surface area contributed by atoms with E-state index >= 15 is 0 Å². The zero-order valence-electron chi connectivity index (χ0n) is 12.6. The van der Waals surface area contributed by atoms with Crippen LogP contribution in [0.25, 0.3) is 0 Å². The minimum absolute atomic E-state index is 0.0545. The number of benzene rings is 1. The molecule has 2 aromatic rings. The predicted octanol–water partition coefficient (Wildman–Crippen LogP) is 1.65. The molecule has 3 rings (SSSR count). The lowest BCUT2D eigenvalue weighted by molar-refractivity contribution is -0.126. The first-order valence-electron chi connectivity index (χ1n) is 7.40. The van der Waals surface area contributed by atoms with Gasteiger partial charge < -0.3 is 10.6 Å². The van der Waals surface area contributed by atoms with Gasteiger partial charge in [-0.3, -0.25) is 14.3 Å². The minimum Gasteiger partial charge on any atom is -0.351 e. The van der Waals surface area contributed by atoms with Crippen LogP contribution in [0.15, 0.2) is 36.7 Å². The average molecular weight is 316 g/mol. The van der Waals surface area contributed by atoms with Crippen LogP contribution in [0.4, 0.5) is 10.1 Å². The fourth-order valence-corrected chi connectivity index (χ4v) is 2.75. The number of aromatic nitrogens is 2. The number of anilines is 1. The van der Waals surface area contributed by atoms with Gasteiger partial charge in [-0.2, -0.15) is 5.10 Å². The lowest BCUT2D eigenvalue weighted by Gasteiger charge is -2.26. The fraction of sp³-hybridized carbons (Fsp3) is 0.312. The van der Waals surface area contributed by atoms with E-state index in [1.165, 1.54) is 12.1 Å². The van der Waals surface area contributed by atoms with Crippen LogP contribution < -0.4 is 10.6 Å². The Morgan fingerprint density at radius 1 is 1.57 bits per heavy atom. The van der Waals surface area contributed by atoms with E-state index < -0.39 is 11.7 Å². The van der Waals surface area contributed by atoms with Crippen LogP contribution in [-0.4, -0.2) is 27.6 Å². The molecule has 23 heavy (non-hydrogen) atoms. The molecule has 1 aliphatic rings. The van der Waals surface area contributed by atoms with E-state index in [1.54, 1.807) is 16.9 Å². The SMILES string of the molecule is C[C@H](Cn1cccn1)NC(=O)[C@@H]1CC(=O)Nc2cc(F)ccc21. The summed E-state index contributed by atoms with van der Waals surface area (Å²) in [4.78, 5) is 24.3. The van der Waals surface area contributed by atoms with E-state index in [1.807, 2.05) is 19.2 Å². The van der Waals surface area contributed by atoms with Gasteiger partial charge in [-0.25, -0.2) is 4.39 Å². The summed E-state index contributed by atoms with van der Waals surface area (Å²) in [7, 11) is 0. The predicted molar refractivity (Wildman–Crippen MR) is 82.2 cm³/mol. The lowest BCUT2D eigenvalue weighted by atomic mass is 9.89. The van der Waals surface area contributed by atoms with Crippen LogP contribution in [0, 0.1) is 5.82 Å². The second kappa shape index (κ2) is 6.20. The van der Waals surface area contributed by atoms with Crippen molar-refractivity contribution in [3.8, 4) is 0 Å². The van der Waals surface area contributed by atoms with Gasteiger partial charge in [0.15, 0.2) is 0 Å². The lowest BCUT2D eigenvalue weighted by Crippen LogP contribution is -2.41. The molecule has 1 aromatic heterocycles. The van der Waals surface area contributed by atoms with Gasteiger partial charge in [-0.05, 0) is 30.7 Å². The summed E-state index contributed by atoms with van der Waals surface area (Å²) in [5.74, 6) is -1.59. The van der Waals surface area contributed by atoms with Crippen LogP contribution >= 0.6 is 0 Å². The molecule has 2 heterocycles. The summed E-state index contributed by atoms with van der Waals surface area (Å²) in [6, 6.07) is 5.75. The smallest absolute Gasteiger partial charge is 0.228 e. The fourth-order valence-electron chi connectivity index (χ4n) is 2.75. The van der Waals surface area contributed by atoms with Gasteiger partial charge in [0.05, 0.1) is 12.5 Å². The highest BCUT2D eigenvalue weighted by Crippen LogP contribution is 2.32. The molecule has 2 amide bonds. The van der Waals surface area contributed by atoms with Gasteiger partial charge in [0.1, 0.15) is 5.82 Å². The Balaban J connectivity index is 1.73. The van der Waals surface area contributed by atoms with Gasteiger partial charge in [0.25, 0.3) is 0 Å². The summed E-state index contributed by atoms with van der Waals surface area (Å²) in [6.07, 6.45) is 3.54. The van der Waals surface area contributed by atoms with Gasteiger partial charge in [0.2, 0.25) is 11.8 Å². The number of hydrogen-bond donors (Lipinski definition) is 2. The van der Waals surface area contributed by atoms with Crippen molar-refractivity contribution >= 4 is 17.5 Å². The zero-order valence-corrected chi connectivity index (χ0v) is 12.6. The normalized spacial score (nSPS) is 18.0. The molecular weight excluding hydrogens is 299 g/mol. The summed E-state index contributed by atoms with van der Waals surface area (Å²) >= 11 is 0. The quantitative estimate of drug-likeness (QED) is 0.900. The van der Waals surface area contributed by atoms with Crippen molar-refractivity contribution in [2.45, 2.75) is 31.8 Å². The molecule has 1 aliphatic heterocycles. The van der Waals surface area contributed by atoms with Crippen molar-refractivity contribution < 1.29 is 14.0 Å². The van der Waals surface area contributed by atoms with E-state index in [4.69, 9.17) is 0 Å². The van der Waals surface area contributed by atoms with Crippen molar-refractivity contribution in [1.82, 2.24) is 15.1 Å². The highest BCUT2D eigenvalue weighted by atomic mass is 19.1. The topological polar surface area (TPSA) is 76.0 Å². The number of carbonyl (C=O) groups excluding carboxylic acids is 2. The molecule has 6 nitrogen and oxygen atoms in total. The first-order valence-corrected chi connectivity index (χ1v) is 7.40. The second-order valence-electron chi connectivity index (χ2n) is 5.67. The summed E-state index contributed by atoms with van der Waals surface area (Å²) in [5.41, 5.74) is 0.996. The highest BCUT2D eigenvalue weighted by molar-refractivity contribution is 6.01. The van der Waals surface area contributed by atoms with E-state index in [2.05, 4.69) is 15.7 Å². The molecule has 0 saturated heterocycles. The van der Waals surface area contributed by atoms with Crippen LogP contribution in [0.2, 0.25) is 0 Å². The van der Waals surface area contributed by atoms with Gasteiger partial charge >= 0.3 is 0 Å². The molecular formula is C16H17FN4O2. The number of hydrogen-bond acceptors (Lipinski definition) is 3. The van der Waals surface area contributed by atoms with Crippen molar-refractivity contribution in [1.29, 1.82) is 0 Å². The number of fused-ring (bicyclic) bond motifs is 1. The van der Waals surface area contributed by atoms with Gasteiger partial charge in [0, 0.05) is 30.5 Å². The first kappa shape index (κ1) is 15.2. The number of nitrogens with zero attached hydrogens (tertiary/aromatic N) is 2. The molecule has 0 saturated carbocycles. The van der Waals surface area contributed by atoms with Crippen molar-refractivity contribution in [3.63, 3.8) is 0 Å². The molecule has 0 radical (unpaired) electrons. The molecule has 120 valence electrons. The number of nitrogens with one attached hydrogen (secondary N) is 2. The monoisotopic (exact) mass is 316 g/mol. The molecule has 2 atom stereocenters. The maximum Gasteiger partial charge on any atom is 0.228 e. The summed E-state index contributed by atoms with van der Waals surface area (Å²) in [5, 5.41) is 9.59. The Kier molecular flexibility index (Phi) is 4.10. The maximum atomic E-state index is 13.3. The van der Waals surface area contributed by atoms with Crippen molar-refractivity contribution in [2.24, 2.45) is 0 Å². The van der Waals surface area contributed by atoms with Gasteiger partial charge in [-0.1, -0.05) is 6.07 Å². The molecule has 0 aliphatic carbocycles. The van der Waals surface area contributed by atoms with E-state index in [0.717, 1.165) is 0 Å². The first-order chi connectivity index (χ1) is 11.0. The molecule has 7 heteroatoms. The molecule has 0 unspecified atom stereocenters. The van der Waals surface area contributed by atoms with E-state index in [0.29, 0.717) is 17.8 Å². The van der Waals surface area contributed by atoms with Crippen molar-refractivity contribution in [2.75, 3.05) is 5.32 Å². The molecule has 1 aromatic carbocycles. The third-order valence-electron chi connectivity index (χ3n) is 3.78. The number of rotatable bonds is 4. The third kappa shape index (κ3) is 3.39. The Bertz CT molecular complexity index is 730. The zero-order chi connectivity index (χ0) is 16.4. The second-order valence-corrected chi connectivity index (χ2v) is 5.67. The summed E-state index contributed by atoms with van der Waals surface area (Å²) < 4.78 is 15.0. The molecule has 0 spiro atoms. The van der Waals surface area contributed by atoms with Gasteiger partial charge in [-0.15, -0.1) is 0 Å². The van der Waals surface area contributed by atoms with E-state index in [9.17, 15) is 14.0 Å². The van der Waals surface area contributed by atoms with Crippen LogP contribution in [0.1, 0.15) is 24.8 Å². The third-order valence-corrected chi connectivity index (χ3v) is 3.78. The largest absolute Gasteiger partial charge is 0.351 e. The number of carbonyl (C=O) groups is 2. The number of amides is 2. The van der Waals surface area contributed by atoms with Crippen LogP contribution in [0.3, 0.4) is 0 Å². The van der Waals surface area contributed by atoms with E-state index in [-0.39, 0.29) is 24.3 Å². The van der Waals surface area contributed by atoms with Crippen molar-refractivity contribution in [3.05, 3.63) is 48.0 Å².